The number of rotatable bonds is 9. The van der Waals surface area contributed by atoms with Crippen LogP contribution in [-0.2, 0) is 9.59 Å². The number of ether oxygens (including phenoxy) is 1. The summed E-state index contributed by atoms with van der Waals surface area (Å²) in [6.45, 7) is 3.38. The molecule has 2 aromatic rings. The van der Waals surface area contributed by atoms with Gasteiger partial charge in [-0.25, -0.2) is 9.78 Å². The van der Waals surface area contributed by atoms with E-state index >= 15 is 0 Å². The van der Waals surface area contributed by atoms with Gasteiger partial charge in [-0.05, 0) is 30.5 Å². The number of carboxylic acids is 1. The number of amides is 2. The zero-order valence-corrected chi connectivity index (χ0v) is 15.6. The zero-order valence-electron chi connectivity index (χ0n) is 15.6. The molecule has 0 aliphatic rings. The third kappa shape index (κ3) is 6.67. The molecule has 0 aliphatic carbocycles. The van der Waals surface area contributed by atoms with Crippen LogP contribution in [0.5, 0.6) is 11.6 Å². The highest BCUT2D eigenvalue weighted by Gasteiger charge is 2.21. The minimum absolute atomic E-state index is 0.105. The fraction of sp³-hybridized carbons (Fsp3) is 0.316. The molecule has 0 bridgehead atoms. The van der Waals surface area contributed by atoms with Gasteiger partial charge in [-0.2, -0.15) is 0 Å². The first-order valence-corrected chi connectivity index (χ1v) is 8.69. The molecule has 0 saturated carbocycles. The smallest absolute Gasteiger partial charge is 0.326 e. The summed E-state index contributed by atoms with van der Waals surface area (Å²) in [5.41, 5.74) is 0.283. The highest BCUT2D eigenvalue weighted by Crippen LogP contribution is 2.19. The second-order valence-corrected chi connectivity index (χ2v) is 6.44. The maximum Gasteiger partial charge on any atom is 0.326 e. The Labute approximate surface area is 162 Å². The first-order chi connectivity index (χ1) is 13.3. The molecule has 0 saturated heterocycles. The van der Waals surface area contributed by atoms with Crippen LogP contribution in [0.15, 0.2) is 42.9 Å². The number of benzene rings is 1. The quantitative estimate of drug-likeness (QED) is 0.597. The Bertz CT molecular complexity index is 826. The number of hydrogen-bond donors (Lipinski definition) is 3. The van der Waals surface area contributed by atoms with Crippen LogP contribution >= 0.6 is 0 Å². The van der Waals surface area contributed by atoms with Crippen molar-refractivity contribution in [1.82, 2.24) is 20.6 Å². The van der Waals surface area contributed by atoms with Gasteiger partial charge < -0.3 is 20.5 Å². The fourth-order valence-corrected chi connectivity index (χ4v) is 2.36. The summed E-state index contributed by atoms with van der Waals surface area (Å²) in [5, 5.41) is 14.0. The third-order valence-electron chi connectivity index (χ3n) is 3.61. The molecule has 0 aliphatic heterocycles. The lowest BCUT2D eigenvalue weighted by molar-refractivity contribution is -0.142. The molecule has 9 nitrogen and oxygen atoms in total. The number of aromatic nitrogens is 2. The zero-order chi connectivity index (χ0) is 20.5. The molecule has 1 heterocycles. The lowest BCUT2D eigenvalue weighted by Gasteiger charge is -2.16. The van der Waals surface area contributed by atoms with Gasteiger partial charge in [-0.3, -0.25) is 14.6 Å². The molecule has 1 aromatic carbocycles. The number of carbonyl (C=O) groups is 3. The summed E-state index contributed by atoms with van der Waals surface area (Å²) in [6, 6.07) is 5.36. The van der Waals surface area contributed by atoms with E-state index in [-0.39, 0.29) is 23.9 Å². The van der Waals surface area contributed by atoms with Gasteiger partial charge in [0.05, 0.1) is 12.7 Å². The molecule has 1 aromatic heterocycles. The molecule has 2 amide bonds. The van der Waals surface area contributed by atoms with E-state index in [1.165, 1.54) is 24.7 Å². The number of hydrogen-bond acceptors (Lipinski definition) is 6. The van der Waals surface area contributed by atoms with Crippen LogP contribution in [0.3, 0.4) is 0 Å². The third-order valence-corrected chi connectivity index (χ3v) is 3.61. The largest absolute Gasteiger partial charge is 0.480 e. The van der Waals surface area contributed by atoms with Gasteiger partial charge in [0, 0.05) is 18.0 Å². The van der Waals surface area contributed by atoms with Gasteiger partial charge in [-0.1, -0.05) is 19.9 Å². The Morgan fingerprint density at radius 1 is 1.21 bits per heavy atom. The summed E-state index contributed by atoms with van der Waals surface area (Å²) in [7, 11) is 0. The van der Waals surface area contributed by atoms with Crippen molar-refractivity contribution in [1.29, 1.82) is 0 Å². The van der Waals surface area contributed by atoms with Gasteiger partial charge >= 0.3 is 5.97 Å². The lowest BCUT2D eigenvalue weighted by Crippen LogP contribution is -2.46. The average molecular weight is 386 g/mol. The first-order valence-electron chi connectivity index (χ1n) is 8.69. The Kier molecular flexibility index (Phi) is 7.44. The van der Waals surface area contributed by atoms with E-state index in [0.29, 0.717) is 12.2 Å². The number of nitrogens with zero attached hydrogens (tertiary/aromatic N) is 2. The van der Waals surface area contributed by atoms with Crippen molar-refractivity contribution in [3.8, 4) is 11.6 Å². The maximum atomic E-state index is 12.3. The average Bonchev–Trinajstić information content (AvgIpc) is 2.66. The summed E-state index contributed by atoms with van der Waals surface area (Å²) in [5.74, 6) is -1.40. The predicted molar refractivity (Wildman–Crippen MR) is 99.9 cm³/mol. The van der Waals surface area contributed by atoms with E-state index < -0.39 is 23.8 Å². The number of aliphatic carboxylic acids is 1. The molecule has 0 fully saturated rings. The molecule has 0 unspecified atom stereocenters. The van der Waals surface area contributed by atoms with Crippen molar-refractivity contribution in [3.05, 3.63) is 48.4 Å². The molecule has 0 spiro atoms. The van der Waals surface area contributed by atoms with E-state index in [1.54, 1.807) is 18.2 Å². The van der Waals surface area contributed by atoms with Crippen molar-refractivity contribution >= 4 is 17.8 Å². The van der Waals surface area contributed by atoms with Crippen molar-refractivity contribution in [2.45, 2.75) is 26.3 Å². The Morgan fingerprint density at radius 3 is 2.64 bits per heavy atom. The van der Waals surface area contributed by atoms with Crippen LogP contribution in [0.25, 0.3) is 0 Å². The molecule has 148 valence electrons. The molecule has 28 heavy (non-hydrogen) atoms. The monoisotopic (exact) mass is 386 g/mol. The van der Waals surface area contributed by atoms with Gasteiger partial charge in [0.25, 0.3) is 5.91 Å². The summed E-state index contributed by atoms with van der Waals surface area (Å²) >= 11 is 0. The minimum atomic E-state index is -1.11. The molecular weight excluding hydrogens is 364 g/mol. The normalized spacial score (nSPS) is 11.5. The van der Waals surface area contributed by atoms with Crippen LogP contribution in [0.4, 0.5) is 0 Å². The highest BCUT2D eigenvalue weighted by molar-refractivity contribution is 5.97. The molecule has 9 heteroatoms. The van der Waals surface area contributed by atoms with Crippen molar-refractivity contribution in [2.24, 2.45) is 5.92 Å². The number of carbonyl (C=O) groups excluding carboxylic acids is 2. The SMILES string of the molecule is CC(C)C[C@H](NC(=O)CNC(=O)c1cccc(Oc2cnccn2)c1)C(=O)O. The fourth-order valence-electron chi connectivity index (χ4n) is 2.36. The van der Waals surface area contributed by atoms with Gasteiger partial charge in [0.2, 0.25) is 11.8 Å². The second kappa shape index (κ2) is 10.0. The second-order valence-electron chi connectivity index (χ2n) is 6.44. The van der Waals surface area contributed by atoms with Crippen LogP contribution in [0.1, 0.15) is 30.6 Å². The number of carboxylic acid groups (broad SMARTS) is 1. The standard InChI is InChI=1S/C19H22N4O5/c1-12(2)8-15(19(26)27)23-16(24)10-22-18(25)13-4-3-5-14(9-13)28-17-11-20-6-7-21-17/h3-7,9,11-12,15H,8,10H2,1-2H3,(H,22,25)(H,23,24)(H,26,27)/t15-/m0/s1. The Hall–Kier alpha value is -3.49. The van der Waals surface area contributed by atoms with Crippen LogP contribution < -0.4 is 15.4 Å². The van der Waals surface area contributed by atoms with Gasteiger partial charge in [0.15, 0.2) is 0 Å². The van der Waals surface area contributed by atoms with Gasteiger partial charge in [0.1, 0.15) is 11.8 Å². The van der Waals surface area contributed by atoms with E-state index in [1.807, 2.05) is 13.8 Å². The summed E-state index contributed by atoms with van der Waals surface area (Å²) < 4.78 is 5.51. The van der Waals surface area contributed by atoms with Crippen molar-refractivity contribution in [3.63, 3.8) is 0 Å². The first kappa shape index (κ1) is 20.8. The van der Waals surface area contributed by atoms with Crippen LogP contribution in [-0.4, -0.2) is 45.4 Å². The topological polar surface area (TPSA) is 131 Å². The highest BCUT2D eigenvalue weighted by atomic mass is 16.5. The maximum absolute atomic E-state index is 12.3. The van der Waals surface area contributed by atoms with Crippen LogP contribution in [0, 0.1) is 5.92 Å². The molecule has 0 radical (unpaired) electrons. The summed E-state index contributed by atoms with van der Waals surface area (Å²) in [4.78, 5) is 43.3. The Morgan fingerprint density at radius 2 is 2.00 bits per heavy atom. The predicted octanol–water partition coefficient (Wildman–Crippen LogP) is 1.61. The van der Waals surface area contributed by atoms with E-state index in [4.69, 9.17) is 9.84 Å². The molecule has 2 rings (SSSR count). The van der Waals surface area contributed by atoms with E-state index in [2.05, 4.69) is 20.6 Å². The minimum Gasteiger partial charge on any atom is -0.480 e. The van der Waals surface area contributed by atoms with E-state index in [9.17, 15) is 14.4 Å². The van der Waals surface area contributed by atoms with Crippen molar-refractivity contribution in [2.75, 3.05) is 6.54 Å². The Balaban J connectivity index is 1.91. The van der Waals surface area contributed by atoms with Crippen LogP contribution in [0.2, 0.25) is 0 Å². The molecule has 3 N–H and O–H groups in total. The summed E-state index contributed by atoms with van der Waals surface area (Å²) in [6.07, 6.45) is 4.73. The van der Waals surface area contributed by atoms with Crippen molar-refractivity contribution < 1.29 is 24.2 Å². The molecular formula is C19H22N4O5. The lowest BCUT2D eigenvalue weighted by atomic mass is 10.0. The number of nitrogens with one attached hydrogen (secondary N) is 2. The van der Waals surface area contributed by atoms with E-state index in [0.717, 1.165) is 0 Å². The molecule has 1 atom stereocenters. The van der Waals surface area contributed by atoms with Gasteiger partial charge in [-0.15, -0.1) is 0 Å².